The van der Waals surface area contributed by atoms with Gasteiger partial charge in [0.2, 0.25) is 24.3 Å². The van der Waals surface area contributed by atoms with Gasteiger partial charge in [-0.25, -0.2) is 9.97 Å². The van der Waals surface area contributed by atoms with Crippen LogP contribution in [0, 0.1) is 11.3 Å². The zero-order chi connectivity index (χ0) is 23.6. The number of nitrogen functional groups attached to an aromatic ring is 2. The molecule has 1 fully saturated rings. The van der Waals surface area contributed by atoms with Gasteiger partial charge in [0.15, 0.2) is 11.5 Å². The van der Waals surface area contributed by atoms with Crippen LogP contribution in [-0.2, 0) is 11.2 Å². The number of hydrogen-bond acceptors (Lipinski definition) is 9. The second kappa shape index (κ2) is 7.36. The monoisotopic (exact) mass is 460 g/mol. The SMILES string of the molecule is N#Cc1c(N2CCC[C@H](O)C2)[nH+]c(N)c2c(N)nc3c(c12)CC(=O)N3c1ccc2c(c1)OCO2. The number of rotatable bonds is 2. The van der Waals surface area contributed by atoms with Gasteiger partial charge in [0.25, 0.3) is 0 Å². The van der Waals surface area contributed by atoms with Crippen LogP contribution in [0.2, 0.25) is 0 Å². The molecule has 0 bridgehead atoms. The molecule has 1 atom stereocenters. The lowest BCUT2D eigenvalue weighted by molar-refractivity contribution is -0.345. The number of aliphatic hydroxyl groups excluding tert-OH is 1. The molecule has 0 unspecified atom stereocenters. The van der Waals surface area contributed by atoms with Gasteiger partial charge < -0.3 is 26.0 Å². The van der Waals surface area contributed by atoms with Crippen LogP contribution in [0.3, 0.4) is 0 Å². The molecule has 11 heteroatoms. The summed E-state index contributed by atoms with van der Waals surface area (Å²) in [6, 6.07) is 7.49. The maximum absolute atomic E-state index is 13.2. The van der Waals surface area contributed by atoms with Crippen molar-refractivity contribution < 1.29 is 24.4 Å². The number of nitrogens with zero attached hydrogens (tertiary/aromatic N) is 4. The largest absolute Gasteiger partial charge is 0.454 e. The summed E-state index contributed by atoms with van der Waals surface area (Å²) < 4.78 is 10.8. The zero-order valence-corrected chi connectivity index (χ0v) is 18.2. The van der Waals surface area contributed by atoms with Crippen molar-refractivity contribution in [3.63, 3.8) is 0 Å². The molecule has 0 aliphatic carbocycles. The van der Waals surface area contributed by atoms with Crippen molar-refractivity contribution in [3.05, 3.63) is 29.3 Å². The smallest absolute Gasteiger partial charge is 0.240 e. The highest BCUT2D eigenvalue weighted by atomic mass is 16.7. The standard InChI is InChI=1S/C23H21N7O4/c24-8-14-18-13-7-17(32)30(11-3-4-15-16(6-11)34-10-33-15)23(13)28-21(26)19(18)20(25)27-22(14)29-5-1-2-12(31)9-29/h3-4,6,12,31H,1-2,5,7,9-10H2,(H2,25,27)(H2,26,28)/p+1/t12-/m0/s1. The van der Waals surface area contributed by atoms with E-state index in [1.165, 1.54) is 4.90 Å². The van der Waals surface area contributed by atoms with Crippen molar-refractivity contribution in [2.75, 3.05) is 41.1 Å². The number of carbonyl (C=O) groups is 1. The molecule has 1 saturated heterocycles. The third-order valence-corrected chi connectivity index (χ3v) is 6.54. The molecule has 5 heterocycles. The zero-order valence-electron chi connectivity index (χ0n) is 18.2. The Balaban J connectivity index is 1.57. The van der Waals surface area contributed by atoms with E-state index in [0.29, 0.717) is 70.2 Å². The number of aromatic amines is 1. The minimum absolute atomic E-state index is 0.0355. The maximum Gasteiger partial charge on any atom is 0.240 e. The number of pyridine rings is 2. The van der Waals surface area contributed by atoms with E-state index in [0.717, 1.165) is 6.42 Å². The van der Waals surface area contributed by atoms with Crippen LogP contribution in [0.5, 0.6) is 11.5 Å². The number of amides is 1. The molecule has 6 N–H and O–H groups in total. The normalized spacial score (nSPS) is 18.9. The topological polar surface area (TPSA) is 165 Å². The van der Waals surface area contributed by atoms with Gasteiger partial charge in [-0.1, -0.05) is 0 Å². The molecule has 0 spiro atoms. The van der Waals surface area contributed by atoms with E-state index in [9.17, 15) is 15.2 Å². The second-order valence-corrected chi connectivity index (χ2v) is 8.61. The fourth-order valence-electron chi connectivity index (χ4n) is 5.04. The first-order valence-corrected chi connectivity index (χ1v) is 11.0. The number of nitrogens with two attached hydrogens (primary N) is 2. The average Bonchev–Trinajstić information content (AvgIpc) is 3.41. The Bertz CT molecular complexity index is 1420. The van der Waals surface area contributed by atoms with Crippen LogP contribution in [0.15, 0.2) is 18.2 Å². The van der Waals surface area contributed by atoms with Gasteiger partial charge >= 0.3 is 0 Å². The van der Waals surface area contributed by atoms with Crippen LogP contribution < -0.4 is 35.7 Å². The van der Waals surface area contributed by atoms with Crippen molar-refractivity contribution in [1.29, 1.82) is 5.26 Å². The van der Waals surface area contributed by atoms with Crippen molar-refractivity contribution in [3.8, 4) is 17.6 Å². The van der Waals surface area contributed by atoms with Crippen molar-refractivity contribution in [1.82, 2.24) is 4.98 Å². The summed E-state index contributed by atoms with van der Waals surface area (Å²) in [6.07, 6.45) is 1.02. The van der Waals surface area contributed by atoms with Gasteiger partial charge in [0.05, 0.1) is 36.7 Å². The Morgan fingerprint density at radius 3 is 2.85 bits per heavy atom. The Morgan fingerprint density at radius 1 is 1.24 bits per heavy atom. The molecule has 172 valence electrons. The summed E-state index contributed by atoms with van der Waals surface area (Å²) in [6.45, 7) is 1.16. The van der Waals surface area contributed by atoms with Gasteiger partial charge in [-0.05, 0) is 25.0 Å². The van der Waals surface area contributed by atoms with Gasteiger partial charge in [-0.2, -0.15) is 5.26 Å². The molecule has 0 radical (unpaired) electrons. The van der Waals surface area contributed by atoms with Crippen LogP contribution in [0.1, 0.15) is 24.0 Å². The molecule has 34 heavy (non-hydrogen) atoms. The highest BCUT2D eigenvalue weighted by molar-refractivity contribution is 6.15. The van der Waals surface area contributed by atoms with Gasteiger partial charge in [-0.3, -0.25) is 14.6 Å². The molecule has 3 aliphatic heterocycles. The second-order valence-electron chi connectivity index (χ2n) is 8.61. The van der Waals surface area contributed by atoms with Gasteiger partial charge in [0.1, 0.15) is 23.3 Å². The summed E-state index contributed by atoms with van der Waals surface area (Å²) in [5.41, 5.74) is 14.2. The number of ether oxygens (including phenoxy) is 2. The van der Waals surface area contributed by atoms with Crippen LogP contribution >= 0.6 is 0 Å². The summed E-state index contributed by atoms with van der Waals surface area (Å²) in [5, 5.41) is 21.3. The van der Waals surface area contributed by atoms with Gasteiger partial charge in [0, 0.05) is 17.0 Å². The first-order valence-electron chi connectivity index (χ1n) is 11.0. The predicted molar refractivity (Wildman–Crippen MR) is 123 cm³/mol. The maximum atomic E-state index is 13.2. The number of aromatic nitrogens is 2. The van der Waals surface area contributed by atoms with Crippen LogP contribution in [-0.4, -0.2) is 42.0 Å². The Labute approximate surface area is 194 Å². The minimum Gasteiger partial charge on any atom is -0.454 e. The van der Waals surface area contributed by atoms with E-state index < -0.39 is 6.10 Å². The number of piperidine rings is 1. The lowest BCUT2D eigenvalue weighted by Gasteiger charge is -2.28. The third-order valence-electron chi connectivity index (χ3n) is 6.54. The molecule has 1 aromatic carbocycles. The number of aliphatic hydroxyl groups is 1. The number of β-amino-alcohol motifs (C(OH)–C–C–N with tert-alkyl or cyclic N) is 1. The number of fused-ring (bicyclic) bond motifs is 4. The number of benzene rings is 1. The quantitative estimate of drug-likeness (QED) is 0.506. The fraction of sp³-hybridized carbons (Fsp3) is 0.304. The van der Waals surface area contributed by atoms with E-state index >= 15 is 0 Å². The lowest BCUT2D eigenvalue weighted by Crippen LogP contribution is -2.42. The minimum atomic E-state index is -0.498. The molecule has 3 aromatic rings. The van der Waals surface area contributed by atoms with E-state index in [-0.39, 0.29) is 30.8 Å². The van der Waals surface area contributed by atoms with Gasteiger partial charge in [-0.15, -0.1) is 0 Å². The van der Waals surface area contributed by atoms with E-state index in [4.69, 9.17) is 20.9 Å². The Kier molecular flexibility index (Phi) is 4.40. The lowest BCUT2D eigenvalue weighted by atomic mass is 9.99. The number of anilines is 5. The molecular weight excluding hydrogens is 438 g/mol. The van der Waals surface area contributed by atoms with Crippen molar-refractivity contribution in [2.24, 2.45) is 0 Å². The Hall–Kier alpha value is -4.30. The Morgan fingerprint density at radius 2 is 2.06 bits per heavy atom. The molecule has 3 aliphatic rings. The summed E-state index contributed by atoms with van der Waals surface area (Å²) in [4.78, 5) is 24.2. The molecule has 6 rings (SSSR count). The van der Waals surface area contributed by atoms with Crippen LogP contribution in [0.4, 0.5) is 29.0 Å². The first-order chi connectivity index (χ1) is 16.5. The van der Waals surface area contributed by atoms with E-state index in [2.05, 4.69) is 16.0 Å². The predicted octanol–water partition coefficient (Wildman–Crippen LogP) is 0.996. The molecular formula is C23H22N7O4+. The number of carbonyl (C=O) groups excluding carboxylic acids is 1. The molecule has 0 saturated carbocycles. The summed E-state index contributed by atoms with van der Waals surface area (Å²) in [7, 11) is 0. The summed E-state index contributed by atoms with van der Waals surface area (Å²) in [5.74, 6) is 2.17. The molecule has 11 nitrogen and oxygen atoms in total. The van der Waals surface area contributed by atoms with Crippen LogP contribution in [0.25, 0.3) is 10.8 Å². The highest BCUT2D eigenvalue weighted by Gasteiger charge is 2.37. The number of nitrogens with one attached hydrogen (secondary N) is 1. The van der Waals surface area contributed by atoms with Crippen molar-refractivity contribution in [2.45, 2.75) is 25.4 Å². The molecule has 1 amide bonds. The number of hydrogen-bond donors (Lipinski definition) is 3. The van der Waals surface area contributed by atoms with E-state index in [1.54, 1.807) is 18.2 Å². The highest BCUT2D eigenvalue weighted by Crippen LogP contribution is 2.45. The van der Waals surface area contributed by atoms with E-state index in [1.807, 2.05) is 4.90 Å². The molecule has 2 aromatic heterocycles. The number of nitriles is 1. The third kappa shape index (κ3) is 2.89. The first kappa shape index (κ1) is 20.3. The fourth-order valence-corrected chi connectivity index (χ4v) is 5.04. The number of H-pyrrole nitrogens is 1. The van der Waals surface area contributed by atoms with Crippen molar-refractivity contribution >= 4 is 45.6 Å². The summed E-state index contributed by atoms with van der Waals surface area (Å²) >= 11 is 0. The average molecular weight is 460 g/mol.